The summed E-state index contributed by atoms with van der Waals surface area (Å²) >= 11 is 2.85. The minimum atomic E-state index is -0.101. The first-order valence-electron chi connectivity index (χ1n) is 7.97. The highest BCUT2D eigenvalue weighted by atomic mass is 32.2. The Morgan fingerprint density at radius 3 is 2.96 bits per heavy atom. The molecule has 128 valence electrons. The SMILES string of the molecule is O=C(CSc1nnnn1C1CC1)Nc1ncc(Cc2ccccc2)s1. The van der Waals surface area contributed by atoms with Crippen molar-refractivity contribution < 1.29 is 4.79 Å². The van der Waals surface area contributed by atoms with Gasteiger partial charge in [-0.15, -0.1) is 16.4 Å². The van der Waals surface area contributed by atoms with Gasteiger partial charge in [0.05, 0.1) is 11.8 Å². The molecule has 1 fully saturated rings. The standard InChI is InChI=1S/C16H16N6OS2/c23-14(10-24-16-19-20-21-22(16)12-6-7-12)18-15-17-9-13(25-15)8-11-4-2-1-3-5-11/h1-5,9,12H,6-8,10H2,(H,17,18,23). The molecule has 7 nitrogen and oxygen atoms in total. The van der Waals surface area contributed by atoms with Gasteiger partial charge in [-0.25, -0.2) is 9.67 Å². The molecule has 3 aromatic rings. The van der Waals surface area contributed by atoms with E-state index in [0.29, 0.717) is 16.3 Å². The summed E-state index contributed by atoms with van der Waals surface area (Å²) in [7, 11) is 0. The summed E-state index contributed by atoms with van der Waals surface area (Å²) in [6, 6.07) is 10.6. The number of hydrogen-bond acceptors (Lipinski definition) is 7. The topological polar surface area (TPSA) is 85.6 Å². The molecule has 0 aliphatic heterocycles. The Morgan fingerprint density at radius 1 is 1.32 bits per heavy atom. The number of tetrazole rings is 1. The molecule has 1 aromatic carbocycles. The number of nitrogens with zero attached hydrogens (tertiary/aromatic N) is 5. The van der Waals surface area contributed by atoms with Crippen LogP contribution in [0, 0.1) is 0 Å². The van der Waals surface area contributed by atoms with Gasteiger partial charge in [-0.3, -0.25) is 4.79 Å². The van der Waals surface area contributed by atoms with Crippen LogP contribution in [0.3, 0.4) is 0 Å². The maximum atomic E-state index is 12.1. The normalized spacial score (nSPS) is 13.8. The van der Waals surface area contributed by atoms with E-state index in [4.69, 9.17) is 0 Å². The van der Waals surface area contributed by atoms with Crippen LogP contribution < -0.4 is 5.32 Å². The van der Waals surface area contributed by atoms with Crippen molar-refractivity contribution in [2.75, 3.05) is 11.1 Å². The van der Waals surface area contributed by atoms with Gasteiger partial charge in [0, 0.05) is 17.5 Å². The molecule has 2 heterocycles. The predicted molar refractivity (Wildman–Crippen MR) is 96.8 cm³/mol. The van der Waals surface area contributed by atoms with Crippen LogP contribution in [0.4, 0.5) is 5.13 Å². The van der Waals surface area contributed by atoms with Crippen molar-refractivity contribution in [3.63, 3.8) is 0 Å². The van der Waals surface area contributed by atoms with E-state index in [0.717, 1.165) is 24.1 Å². The molecule has 9 heteroatoms. The van der Waals surface area contributed by atoms with Crippen LogP contribution in [0.5, 0.6) is 0 Å². The molecular weight excluding hydrogens is 356 g/mol. The summed E-state index contributed by atoms with van der Waals surface area (Å²) < 4.78 is 1.80. The molecule has 2 aromatic heterocycles. The fraction of sp³-hybridized carbons (Fsp3) is 0.312. The first-order valence-corrected chi connectivity index (χ1v) is 9.77. The molecule has 1 N–H and O–H groups in total. The predicted octanol–water partition coefficient (Wildman–Crippen LogP) is 2.79. The first-order chi connectivity index (χ1) is 12.3. The largest absolute Gasteiger partial charge is 0.301 e. The van der Waals surface area contributed by atoms with Crippen LogP contribution in [0.1, 0.15) is 29.3 Å². The van der Waals surface area contributed by atoms with Gasteiger partial charge in [0.15, 0.2) is 5.13 Å². The van der Waals surface area contributed by atoms with Crippen LogP contribution in [-0.2, 0) is 11.2 Å². The van der Waals surface area contributed by atoms with E-state index in [9.17, 15) is 4.79 Å². The number of nitrogens with one attached hydrogen (secondary N) is 1. The van der Waals surface area contributed by atoms with Gasteiger partial charge >= 0.3 is 0 Å². The zero-order valence-corrected chi connectivity index (χ0v) is 15.0. The van der Waals surface area contributed by atoms with Crippen molar-refractivity contribution in [2.45, 2.75) is 30.5 Å². The molecule has 1 saturated carbocycles. The zero-order valence-electron chi connectivity index (χ0n) is 13.3. The summed E-state index contributed by atoms with van der Waals surface area (Å²) in [6.45, 7) is 0. The number of hydrogen-bond donors (Lipinski definition) is 1. The van der Waals surface area contributed by atoms with Gasteiger partial charge < -0.3 is 5.32 Å². The number of thiazole rings is 1. The number of thioether (sulfide) groups is 1. The maximum absolute atomic E-state index is 12.1. The molecule has 25 heavy (non-hydrogen) atoms. The first kappa shape index (κ1) is 16.2. The lowest BCUT2D eigenvalue weighted by atomic mass is 10.1. The lowest BCUT2D eigenvalue weighted by Crippen LogP contribution is -2.14. The van der Waals surface area contributed by atoms with E-state index in [1.807, 2.05) is 24.4 Å². The average molecular weight is 372 g/mol. The zero-order chi connectivity index (χ0) is 17.1. The van der Waals surface area contributed by atoms with E-state index < -0.39 is 0 Å². The number of amides is 1. The third-order valence-corrected chi connectivity index (χ3v) is 5.56. The molecule has 0 saturated heterocycles. The summed E-state index contributed by atoms with van der Waals surface area (Å²) in [5.74, 6) is 0.164. The van der Waals surface area contributed by atoms with Crippen molar-refractivity contribution >= 4 is 34.1 Å². The number of rotatable bonds is 7. The number of carbonyl (C=O) groups is 1. The molecule has 0 bridgehead atoms. The number of carbonyl (C=O) groups excluding carboxylic acids is 1. The van der Waals surface area contributed by atoms with E-state index in [1.165, 1.54) is 28.7 Å². The van der Waals surface area contributed by atoms with Crippen molar-refractivity contribution in [1.82, 2.24) is 25.2 Å². The monoisotopic (exact) mass is 372 g/mol. The Kier molecular flexibility index (Phi) is 4.75. The Labute approximate surface area is 152 Å². The molecule has 0 unspecified atom stereocenters. The highest BCUT2D eigenvalue weighted by Gasteiger charge is 2.28. The number of benzene rings is 1. The fourth-order valence-corrected chi connectivity index (χ4v) is 3.97. The van der Waals surface area contributed by atoms with Gasteiger partial charge in [0.2, 0.25) is 11.1 Å². The summed E-state index contributed by atoms with van der Waals surface area (Å²) in [5.41, 5.74) is 1.23. The third kappa shape index (κ3) is 4.23. The van der Waals surface area contributed by atoms with Crippen LogP contribution in [0.15, 0.2) is 41.7 Å². The van der Waals surface area contributed by atoms with Crippen molar-refractivity contribution in [2.24, 2.45) is 0 Å². The minimum Gasteiger partial charge on any atom is -0.301 e. The Hall–Kier alpha value is -2.26. The highest BCUT2D eigenvalue weighted by molar-refractivity contribution is 7.99. The second-order valence-corrected chi connectivity index (χ2v) is 7.83. The van der Waals surface area contributed by atoms with Crippen LogP contribution in [-0.4, -0.2) is 36.9 Å². The smallest absolute Gasteiger partial charge is 0.236 e. The van der Waals surface area contributed by atoms with Gasteiger partial charge in [0.1, 0.15) is 0 Å². The molecule has 0 radical (unpaired) electrons. The van der Waals surface area contributed by atoms with E-state index in [2.05, 4.69) is 38.0 Å². The number of anilines is 1. The number of aromatic nitrogens is 5. The Balaban J connectivity index is 1.30. The van der Waals surface area contributed by atoms with Crippen molar-refractivity contribution in [1.29, 1.82) is 0 Å². The lowest BCUT2D eigenvalue weighted by molar-refractivity contribution is -0.113. The fourth-order valence-electron chi connectivity index (χ4n) is 2.36. The molecule has 1 aliphatic carbocycles. The second-order valence-electron chi connectivity index (χ2n) is 5.77. The van der Waals surface area contributed by atoms with Crippen LogP contribution in [0.2, 0.25) is 0 Å². The third-order valence-electron chi connectivity index (χ3n) is 3.71. The second kappa shape index (κ2) is 7.32. The van der Waals surface area contributed by atoms with E-state index in [-0.39, 0.29) is 11.7 Å². The van der Waals surface area contributed by atoms with Gasteiger partial charge in [-0.05, 0) is 28.8 Å². The molecule has 1 aliphatic rings. The van der Waals surface area contributed by atoms with E-state index >= 15 is 0 Å². The summed E-state index contributed by atoms with van der Waals surface area (Å²) in [4.78, 5) is 17.5. The molecule has 1 amide bonds. The maximum Gasteiger partial charge on any atom is 0.236 e. The van der Waals surface area contributed by atoms with Gasteiger partial charge in [0.25, 0.3) is 0 Å². The van der Waals surface area contributed by atoms with Crippen molar-refractivity contribution in [3.05, 3.63) is 47.0 Å². The molecule has 0 spiro atoms. The summed E-state index contributed by atoms with van der Waals surface area (Å²) in [6.07, 6.45) is 4.84. The molecular formula is C16H16N6OS2. The minimum absolute atomic E-state index is 0.101. The Morgan fingerprint density at radius 2 is 2.16 bits per heavy atom. The highest BCUT2D eigenvalue weighted by Crippen LogP contribution is 2.36. The molecule has 4 rings (SSSR count). The lowest BCUT2D eigenvalue weighted by Gasteiger charge is -2.02. The van der Waals surface area contributed by atoms with E-state index in [1.54, 1.807) is 4.68 Å². The van der Waals surface area contributed by atoms with Gasteiger partial charge in [-0.1, -0.05) is 42.1 Å². The van der Waals surface area contributed by atoms with Gasteiger partial charge in [-0.2, -0.15) is 0 Å². The average Bonchev–Trinajstić information content (AvgIpc) is 3.20. The Bertz CT molecular complexity index is 858. The van der Waals surface area contributed by atoms with Crippen LogP contribution in [0.25, 0.3) is 0 Å². The molecule has 0 atom stereocenters. The quantitative estimate of drug-likeness (QED) is 0.642. The van der Waals surface area contributed by atoms with Crippen molar-refractivity contribution in [3.8, 4) is 0 Å². The summed E-state index contributed by atoms with van der Waals surface area (Å²) in [5, 5.41) is 15.8. The van der Waals surface area contributed by atoms with Crippen LogP contribution >= 0.6 is 23.1 Å².